The highest BCUT2D eigenvalue weighted by Crippen LogP contribution is 2.30. The van der Waals surface area contributed by atoms with Gasteiger partial charge in [-0.25, -0.2) is 5.43 Å². The second-order valence-electron chi connectivity index (χ2n) is 5.50. The Morgan fingerprint density at radius 1 is 1.03 bits per heavy atom. The van der Waals surface area contributed by atoms with Crippen LogP contribution in [0.1, 0.15) is 11.1 Å². The minimum Gasteiger partial charge on any atom is -0.272 e. The Morgan fingerprint density at radius 3 is 2.48 bits per heavy atom. The summed E-state index contributed by atoms with van der Waals surface area (Å²) in [6, 6.07) is 12.8. The number of hydrazone groups is 1. The smallest absolute Gasteiger partial charge is 0.250 e. The molecule has 0 atom stereocenters. The predicted octanol–water partition coefficient (Wildman–Crippen LogP) is 6.03. The second-order valence-corrected chi connectivity index (χ2v) is 10.2. The van der Waals surface area contributed by atoms with Crippen molar-refractivity contribution in [3.8, 4) is 0 Å². The van der Waals surface area contributed by atoms with Crippen LogP contribution in [0, 0.1) is 0 Å². The quantitative estimate of drug-likeness (QED) is 0.231. The van der Waals surface area contributed by atoms with Gasteiger partial charge in [-0.1, -0.05) is 87.9 Å². The van der Waals surface area contributed by atoms with Crippen LogP contribution >= 0.6 is 69.7 Å². The van der Waals surface area contributed by atoms with Crippen LogP contribution in [-0.4, -0.2) is 28.1 Å². The molecule has 3 rings (SSSR count). The van der Waals surface area contributed by atoms with E-state index in [-0.39, 0.29) is 11.7 Å². The molecule has 5 nitrogen and oxygen atoms in total. The van der Waals surface area contributed by atoms with Crippen molar-refractivity contribution in [1.29, 1.82) is 0 Å². The number of halogens is 3. The predicted molar refractivity (Wildman–Crippen MR) is 124 cm³/mol. The highest BCUT2D eigenvalue weighted by molar-refractivity contribution is 8.03. The number of nitrogens with zero attached hydrogens (tertiary/aromatic N) is 3. The van der Waals surface area contributed by atoms with Crippen LogP contribution in [0.5, 0.6) is 0 Å². The van der Waals surface area contributed by atoms with Crippen LogP contribution in [-0.2, 0) is 10.5 Å². The molecule has 150 valence electrons. The molecule has 0 bridgehead atoms. The van der Waals surface area contributed by atoms with Crippen LogP contribution < -0.4 is 5.43 Å². The molecule has 2 aromatic carbocycles. The SMILES string of the molecule is O=C(CSc1nnc(SCc2ccc(Cl)cc2)s1)N/N=C/c1ccc(Cl)c(Cl)c1. The number of benzene rings is 2. The summed E-state index contributed by atoms with van der Waals surface area (Å²) in [4.78, 5) is 11.9. The number of nitrogens with one attached hydrogen (secondary N) is 1. The van der Waals surface area contributed by atoms with E-state index in [1.807, 2.05) is 24.3 Å². The molecule has 0 fully saturated rings. The highest BCUT2D eigenvalue weighted by Gasteiger charge is 2.09. The lowest BCUT2D eigenvalue weighted by molar-refractivity contribution is -0.118. The van der Waals surface area contributed by atoms with E-state index in [1.54, 1.807) is 30.0 Å². The van der Waals surface area contributed by atoms with Gasteiger partial charge in [0.2, 0.25) is 0 Å². The van der Waals surface area contributed by atoms with E-state index in [0.717, 1.165) is 25.6 Å². The first-order valence-corrected chi connectivity index (χ1v) is 12.0. The first-order chi connectivity index (χ1) is 14.0. The van der Waals surface area contributed by atoms with E-state index >= 15 is 0 Å². The Labute approximate surface area is 195 Å². The molecule has 29 heavy (non-hydrogen) atoms. The number of thioether (sulfide) groups is 2. The van der Waals surface area contributed by atoms with Crippen molar-refractivity contribution in [3.63, 3.8) is 0 Å². The van der Waals surface area contributed by atoms with Gasteiger partial charge in [-0.05, 0) is 35.4 Å². The average Bonchev–Trinajstić information content (AvgIpc) is 3.17. The van der Waals surface area contributed by atoms with Crippen molar-refractivity contribution in [1.82, 2.24) is 15.6 Å². The summed E-state index contributed by atoms with van der Waals surface area (Å²) in [6.07, 6.45) is 1.50. The van der Waals surface area contributed by atoms with Crippen molar-refractivity contribution in [2.45, 2.75) is 14.4 Å². The minimum atomic E-state index is -0.239. The molecule has 1 heterocycles. The third-order valence-electron chi connectivity index (χ3n) is 3.34. The van der Waals surface area contributed by atoms with Crippen molar-refractivity contribution in [3.05, 3.63) is 68.7 Å². The Morgan fingerprint density at radius 2 is 1.76 bits per heavy atom. The average molecular weight is 504 g/mol. The number of carbonyl (C=O) groups is 1. The third-order valence-corrected chi connectivity index (χ3v) is 7.59. The van der Waals surface area contributed by atoms with Crippen LogP contribution in [0.15, 0.2) is 56.2 Å². The maximum absolute atomic E-state index is 11.9. The summed E-state index contributed by atoms with van der Waals surface area (Å²) in [7, 11) is 0. The van der Waals surface area contributed by atoms with E-state index in [9.17, 15) is 4.79 Å². The molecule has 0 spiro atoms. The van der Waals surface area contributed by atoms with Crippen LogP contribution in [0.4, 0.5) is 0 Å². The molecule has 0 aliphatic carbocycles. The lowest BCUT2D eigenvalue weighted by Crippen LogP contribution is -2.19. The molecule has 0 saturated heterocycles. The van der Waals surface area contributed by atoms with Gasteiger partial charge in [0.1, 0.15) is 0 Å². The topological polar surface area (TPSA) is 67.2 Å². The summed E-state index contributed by atoms with van der Waals surface area (Å²) in [5.41, 5.74) is 4.36. The number of rotatable bonds is 8. The molecule has 11 heteroatoms. The van der Waals surface area contributed by atoms with Crippen LogP contribution in [0.2, 0.25) is 15.1 Å². The fourth-order valence-corrected chi connectivity index (χ4v) is 5.17. The number of amides is 1. The Bertz CT molecular complexity index is 1010. The van der Waals surface area contributed by atoms with Gasteiger partial charge in [0, 0.05) is 10.8 Å². The molecule has 0 saturated carbocycles. The van der Waals surface area contributed by atoms with Gasteiger partial charge >= 0.3 is 0 Å². The zero-order chi connectivity index (χ0) is 20.6. The van der Waals surface area contributed by atoms with E-state index in [2.05, 4.69) is 20.7 Å². The molecule has 0 aliphatic heterocycles. The molecular formula is C18H13Cl3N4OS3. The summed E-state index contributed by atoms with van der Waals surface area (Å²) >= 11 is 22.0. The molecule has 1 N–H and O–H groups in total. The molecule has 1 aromatic heterocycles. The maximum atomic E-state index is 11.9. The number of aromatic nitrogens is 2. The zero-order valence-electron chi connectivity index (χ0n) is 14.6. The first kappa shape index (κ1) is 22.4. The van der Waals surface area contributed by atoms with E-state index < -0.39 is 0 Å². The molecule has 0 unspecified atom stereocenters. The Balaban J connectivity index is 1.41. The fourth-order valence-electron chi connectivity index (χ4n) is 1.97. The maximum Gasteiger partial charge on any atom is 0.250 e. The minimum absolute atomic E-state index is 0.190. The van der Waals surface area contributed by atoms with Gasteiger partial charge in [0.15, 0.2) is 8.68 Å². The molecule has 1 amide bonds. The monoisotopic (exact) mass is 502 g/mol. The zero-order valence-corrected chi connectivity index (χ0v) is 19.4. The molecule has 0 radical (unpaired) electrons. The van der Waals surface area contributed by atoms with Gasteiger partial charge in [-0.2, -0.15) is 5.10 Å². The lowest BCUT2D eigenvalue weighted by Gasteiger charge is -1.99. The lowest BCUT2D eigenvalue weighted by atomic mass is 10.2. The van der Waals surface area contributed by atoms with Crippen molar-refractivity contribution in [2.75, 3.05) is 5.75 Å². The highest BCUT2D eigenvalue weighted by atomic mass is 35.5. The normalized spacial score (nSPS) is 11.1. The summed E-state index contributed by atoms with van der Waals surface area (Å²) in [5, 5.41) is 13.8. The summed E-state index contributed by atoms with van der Waals surface area (Å²) in [6.45, 7) is 0. The fraction of sp³-hybridized carbons (Fsp3) is 0.111. The molecule has 0 aliphatic rings. The van der Waals surface area contributed by atoms with Crippen LogP contribution in [0.3, 0.4) is 0 Å². The molecular weight excluding hydrogens is 491 g/mol. The third kappa shape index (κ3) is 7.47. The largest absolute Gasteiger partial charge is 0.272 e. The Kier molecular flexibility index (Phi) is 8.65. The van der Waals surface area contributed by atoms with Gasteiger partial charge in [-0.3, -0.25) is 4.79 Å². The first-order valence-electron chi connectivity index (χ1n) is 8.10. The summed E-state index contributed by atoms with van der Waals surface area (Å²) < 4.78 is 1.58. The number of hydrogen-bond acceptors (Lipinski definition) is 7. The van der Waals surface area contributed by atoms with Crippen molar-refractivity contribution >= 4 is 81.8 Å². The summed E-state index contributed by atoms with van der Waals surface area (Å²) in [5.74, 6) is 0.729. The van der Waals surface area contributed by atoms with Crippen molar-refractivity contribution in [2.24, 2.45) is 5.10 Å². The molecule has 3 aromatic rings. The van der Waals surface area contributed by atoms with E-state index in [4.69, 9.17) is 34.8 Å². The standard InChI is InChI=1S/C18H13Cl3N4OS3/c19-13-4-1-11(2-5-13)9-27-17-24-25-18(29-17)28-10-16(26)23-22-8-12-3-6-14(20)15(21)7-12/h1-8H,9-10H2,(H,23,26)/b22-8+. The Hall–Kier alpha value is -1.29. The second kappa shape index (κ2) is 11.2. The van der Waals surface area contributed by atoms with Crippen molar-refractivity contribution < 1.29 is 4.79 Å². The van der Waals surface area contributed by atoms with Crippen LogP contribution in [0.25, 0.3) is 0 Å². The van der Waals surface area contributed by atoms with Gasteiger partial charge in [0.25, 0.3) is 5.91 Å². The number of hydrogen-bond donors (Lipinski definition) is 1. The van der Waals surface area contributed by atoms with Gasteiger partial charge in [0.05, 0.1) is 22.0 Å². The van der Waals surface area contributed by atoms with E-state index in [0.29, 0.717) is 15.1 Å². The van der Waals surface area contributed by atoms with Gasteiger partial charge < -0.3 is 0 Å². The number of carbonyl (C=O) groups excluding carboxylic acids is 1. The van der Waals surface area contributed by atoms with E-state index in [1.165, 1.54) is 29.3 Å². The van der Waals surface area contributed by atoms with Gasteiger partial charge in [-0.15, -0.1) is 10.2 Å².